The van der Waals surface area contributed by atoms with Crippen molar-refractivity contribution in [2.24, 2.45) is 0 Å². The van der Waals surface area contributed by atoms with Crippen molar-refractivity contribution in [3.05, 3.63) is 12.2 Å². The lowest BCUT2D eigenvalue weighted by molar-refractivity contribution is 0.0416. The van der Waals surface area contributed by atoms with Crippen LogP contribution in [0.1, 0.15) is 39.0 Å². The summed E-state index contributed by atoms with van der Waals surface area (Å²) in [6.07, 6.45) is 12.8. The molecule has 0 radical (unpaired) electrons. The minimum absolute atomic E-state index is 0.0187. The van der Waals surface area contributed by atoms with Crippen molar-refractivity contribution < 1.29 is 4.74 Å². The summed E-state index contributed by atoms with van der Waals surface area (Å²) in [5.74, 6) is 0. The van der Waals surface area contributed by atoms with E-state index in [-0.39, 0.29) is 4.93 Å². The second-order valence-electron chi connectivity index (χ2n) is 3.53. The molecule has 0 aromatic carbocycles. The first-order valence-corrected chi connectivity index (χ1v) is 6.38. The minimum atomic E-state index is -0.0187. The fourth-order valence-corrected chi connectivity index (χ4v) is 2.58. The van der Waals surface area contributed by atoms with Crippen LogP contribution in [0.15, 0.2) is 12.2 Å². The van der Waals surface area contributed by atoms with Gasteiger partial charge < -0.3 is 4.74 Å². The van der Waals surface area contributed by atoms with Gasteiger partial charge in [-0.15, -0.1) is 11.8 Å². The van der Waals surface area contributed by atoms with E-state index in [4.69, 9.17) is 4.74 Å². The average Bonchev–Trinajstić information content (AvgIpc) is 2.10. The van der Waals surface area contributed by atoms with E-state index in [1.54, 1.807) is 0 Å². The van der Waals surface area contributed by atoms with Gasteiger partial charge in [-0.3, -0.25) is 0 Å². The lowest BCUT2D eigenvalue weighted by Gasteiger charge is -2.31. The van der Waals surface area contributed by atoms with Crippen LogP contribution in [0.3, 0.4) is 0 Å². The molecule has 1 unspecified atom stereocenters. The molecule has 0 saturated carbocycles. The minimum Gasteiger partial charge on any atom is -0.361 e. The first-order valence-electron chi connectivity index (χ1n) is 5.16. The first-order chi connectivity index (χ1) is 6.33. The van der Waals surface area contributed by atoms with Crippen LogP contribution in [0.4, 0.5) is 0 Å². The predicted octanol–water partition coefficient (Wildman–Crippen LogP) is 3.60. The Morgan fingerprint density at radius 2 is 2.00 bits per heavy atom. The van der Waals surface area contributed by atoms with Crippen molar-refractivity contribution in [2.45, 2.75) is 44.0 Å². The molecule has 0 bridgehead atoms. The molecule has 2 heteroatoms. The highest BCUT2D eigenvalue weighted by Gasteiger charge is 2.26. The van der Waals surface area contributed by atoms with Crippen molar-refractivity contribution in [3.8, 4) is 0 Å². The lowest BCUT2D eigenvalue weighted by Crippen LogP contribution is -2.27. The maximum absolute atomic E-state index is 5.94. The molecule has 1 rings (SSSR count). The summed E-state index contributed by atoms with van der Waals surface area (Å²) in [5, 5.41) is 0. The summed E-state index contributed by atoms with van der Waals surface area (Å²) < 4.78 is 5.94. The van der Waals surface area contributed by atoms with Gasteiger partial charge in [0, 0.05) is 6.61 Å². The van der Waals surface area contributed by atoms with Crippen LogP contribution in [-0.2, 0) is 4.74 Å². The Labute approximate surface area is 85.9 Å². The van der Waals surface area contributed by atoms with Gasteiger partial charge in [0.15, 0.2) is 0 Å². The van der Waals surface area contributed by atoms with Crippen LogP contribution in [0, 0.1) is 0 Å². The second-order valence-corrected chi connectivity index (χ2v) is 4.63. The Balaban J connectivity index is 2.57. The van der Waals surface area contributed by atoms with Crippen LogP contribution in [-0.4, -0.2) is 17.8 Å². The van der Waals surface area contributed by atoms with E-state index >= 15 is 0 Å². The Morgan fingerprint density at radius 1 is 1.23 bits per heavy atom. The third-order valence-corrected chi connectivity index (χ3v) is 3.68. The quantitative estimate of drug-likeness (QED) is 0.630. The molecule has 13 heavy (non-hydrogen) atoms. The molecule has 1 saturated heterocycles. The number of hydrogen-bond acceptors (Lipinski definition) is 2. The van der Waals surface area contributed by atoms with Crippen LogP contribution < -0.4 is 0 Å². The fraction of sp³-hybridized carbons (Fsp3) is 0.818. The van der Waals surface area contributed by atoms with E-state index < -0.39 is 0 Å². The van der Waals surface area contributed by atoms with E-state index in [0.717, 1.165) is 6.61 Å². The Hall–Kier alpha value is 0.0500. The normalized spacial score (nSPS) is 31.5. The molecule has 0 spiro atoms. The van der Waals surface area contributed by atoms with Gasteiger partial charge in [-0.25, -0.2) is 0 Å². The van der Waals surface area contributed by atoms with Gasteiger partial charge >= 0.3 is 0 Å². The molecule has 76 valence electrons. The van der Waals surface area contributed by atoms with Gasteiger partial charge in [0.2, 0.25) is 0 Å². The third-order valence-electron chi connectivity index (χ3n) is 2.53. The third kappa shape index (κ3) is 3.35. The van der Waals surface area contributed by atoms with Crippen molar-refractivity contribution >= 4 is 11.8 Å². The SMILES string of the molecule is C/C=C\C1(SC)CCCCCCO1. The summed E-state index contributed by atoms with van der Waals surface area (Å²) >= 11 is 1.83. The molecule has 1 nitrogen and oxygen atoms in total. The van der Waals surface area contributed by atoms with Crippen LogP contribution in [0.2, 0.25) is 0 Å². The molecule has 1 aliphatic rings. The molecule has 0 aliphatic carbocycles. The van der Waals surface area contributed by atoms with Crippen LogP contribution >= 0.6 is 11.8 Å². The Bertz CT molecular complexity index is 157. The monoisotopic (exact) mass is 200 g/mol. The summed E-state index contributed by atoms with van der Waals surface area (Å²) in [6.45, 7) is 2.99. The summed E-state index contributed by atoms with van der Waals surface area (Å²) in [6, 6.07) is 0. The largest absolute Gasteiger partial charge is 0.361 e. The molecule has 0 N–H and O–H groups in total. The van der Waals surface area contributed by atoms with Gasteiger partial charge in [-0.1, -0.05) is 18.9 Å². The van der Waals surface area contributed by atoms with E-state index in [0.29, 0.717) is 0 Å². The maximum Gasteiger partial charge on any atom is 0.132 e. The standard InChI is InChI=1S/C11H20OS/c1-3-8-11(13-2)9-6-4-5-7-10-12-11/h3,8H,4-7,9-10H2,1-2H3/b8-3-. The molecule has 1 aliphatic heterocycles. The van der Waals surface area contributed by atoms with Crippen LogP contribution in [0.5, 0.6) is 0 Å². The van der Waals surface area contributed by atoms with E-state index in [1.807, 2.05) is 11.8 Å². The zero-order valence-corrected chi connectivity index (χ0v) is 9.53. The van der Waals surface area contributed by atoms with E-state index in [9.17, 15) is 0 Å². The van der Waals surface area contributed by atoms with Gasteiger partial charge in [-0.2, -0.15) is 0 Å². The van der Waals surface area contributed by atoms with Crippen molar-refractivity contribution in [2.75, 3.05) is 12.9 Å². The molecular weight excluding hydrogens is 180 g/mol. The molecular formula is C11H20OS. The van der Waals surface area contributed by atoms with Crippen molar-refractivity contribution in [3.63, 3.8) is 0 Å². The molecule has 1 heterocycles. The summed E-state index contributed by atoms with van der Waals surface area (Å²) in [4.78, 5) is -0.0187. The van der Waals surface area contributed by atoms with Gasteiger partial charge in [0.1, 0.15) is 4.93 Å². The number of ether oxygens (including phenoxy) is 1. The Kier molecular flexibility index (Phi) is 4.89. The Morgan fingerprint density at radius 3 is 2.69 bits per heavy atom. The molecule has 0 aromatic heterocycles. The highest BCUT2D eigenvalue weighted by molar-refractivity contribution is 8.00. The highest BCUT2D eigenvalue weighted by atomic mass is 32.2. The zero-order valence-electron chi connectivity index (χ0n) is 8.71. The molecule has 1 atom stereocenters. The topological polar surface area (TPSA) is 9.23 Å². The maximum atomic E-state index is 5.94. The molecule has 0 amide bonds. The van der Waals surface area contributed by atoms with Gasteiger partial charge in [0.25, 0.3) is 0 Å². The number of hydrogen-bond donors (Lipinski definition) is 0. The second kappa shape index (κ2) is 5.71. The van der Waals surface area contributed by atoms with Gasteiger partial charge in [-0.05, 0) is 38.5 Å². The number of allylic oxidation sites excluding steroid dienone is 1. The molecule has 0 aromatic rings. The fourth-order valence-electron chi connectivity index (χ4n) is 1.76. The highest BCUT2D eigenvalue weighted by Crippen LogP contribution is 2.34. The smallest absolute Gasteiger partial charge is 0.132 e. The molecule has 1 fully saturated rings. The lowest BCUT2D eigenvalue weighted by atomic mass is 10.1. The van der Waals surface area contributed by atoms with Gasteiger partial charge in [0.05, 0.1) is 0 Å². The number of rotatable bonds is 2. The zero-order chi connectivity index (χ0) is 9.57. The van der Waals surface area contributed by atoms with Crippen molar-refractivity contribution in [1.82, 2.24) is 0 Å². The van der Waals surface area contributed by atoms with Crippen LogP contribution in [0.25, 0.3) is 0 Å². The summed E-state index contributed by atoms with van der Waals surface area (Å²) in [7, 11) is 0. The van der Waals surface area contributed by atoms with Crippen molar-refractivity contribution in [1.29, 1.82) is 0 Å². The number of thioether (sulfide) groups is 1. The first kappa shape index (κ1) is 11.1. The average molecular weight is 200 g/mol. The van der Waals surface area contributed by atoms with E-state index in [2.05, 4.69) is 25.3 Å². The summed E-state index contributed by atoms with van der Waals surface area (Å²) in [5.41, 5.74) is 0. The van der Waals surface area contributed by atoms with E-state index in [1.165, 1.54) is 32.1 Å². The predicted molar refractivity (Wildman–Crippen MR) is 60.1 cm³/mol.